The van der Waals surface area contributed by atoms with Crippen molar-refractivity contribution in [1.82, 2.24) is 15.2 Å². The number of halogens is 2. The molecule has 150 valence electrons. The number of amides is 1. The molecule has 0 saturated carbocycles. The molecule has 2 aromatic rings. The van der Waals surface area contributed by atoms with Gasteiger partial charge in [-0.05, 0) is 36.6 Å². The Bertz CT molecular complexity index is 867. The number of carbonyl (C=O) groups excluding carboxylic acids is 1. The summed E-state index contributed by atoms with van der Waals surface area (Å²) >= 11 is 17.2. The third kappa shape index (κ3) is 6.21. The summed E-state index contributed by atoms with van der Waals surface area (Å²) in [6.07, 6.45) is 4.11. The molecule has 5 nitrogen and oxygen atoms in total. The van der Waals surface area contributed by atoms with Crippen molar-refractivity contribution in [2.75, 3.05) is 26.2 Å². The Morgan fingerprint density at radius 2 is 2.04 bits per heavy atom. The van der Waals surface area contributed by atoms with Gasteiger partial charge in [0.25, 0.3) is 0 Å². The van der Waals surface area contributed by atoms with Gasteiger partial charge >= 0.3 is 0 Å². The molecule has 0 spiro atoms. The van der Waals surface area contributed by atoms with Crippen molar-refractivity contribution < 1.29 is 9.53 Å². The van der Waals surface area contributed by atoms with Gasteiger partial charge in [-0.3, -0.25) is 4.79 Å². The van der Waals surface area contributed by atoms with E-state index in [1.807, 2.05) is 18.2 Å². The van der Waals surface area contributed by atoms with Gasteiger partial charge in [-0.1, -0.05) is 41.5 Å². The van der Waals surface area contributed by atoms with Gasteiger partial charge in [0.15, 0.2) is 0 Å². The Morgan fingerprint density at radius 1 is 1.25 bits per heavy atom. The second-order valence-electron chi connectivity index (χ2n) is 6.79. The van der Waals surface area contributed by atoms with Crippen LogP contribution in [0.1, 0.15) is 18.4 Å². The van der Waals surface area contributed by atoms with Crippen LogP contribution in [0.4, 0.5) is 0 Å². The number of ether oxygens (including phenoxy) is 1. The van der Waals surface area contributed by atoms with Crippen LogP contribution in [-0.2, 0) is 11.2 Å². The zero-order valence-corrected chi connectivity index (χ0v) is 17.7. The lowest BCUT2D eigenvalue weighted by Crippen LogP contribution is -2.42. The fraction of sp³-hybridized carbons (Fsp3) is 0.400. The predicted octanol–water partition coefficient (Wildman–Crippen LogP) is 4.25. The summed E-state index contributed by atoms with van der Waals surface area (Å²) < 4.78 is 6.62. The van der Waals surface area contributed by atoms with Crippen molar-refractivity contribution in [3.8, 4) is 5.75 Å². The van der Waals surface area contributed by atoms with E-state index in [0.717, 1.165) is 43.8 Å². The summed E-state index contributed by atoms with van der Waals surface area (Å²) in [5.74, 6) is 0.739. The maximum Gasteiger partial charge on any atom is 0.224 e. The molecule has 3 rings (SSSR count). The fourth-order valence-corrected chi connectivity index (χ4v) is 3.67. The Labute approximate surface area is 180 Å². The highest BCUT2D eigenvalue weighted by Crippen LogP contribution is 2.28. The van der Waals surface area contributed by atoms with Crippen molar-refractivity contribution in [1.29, 1.82) is 0 Å². The Balaban J connectivity index is 1.35. The zero-order valence-electron chi connectivity index (χ0n) is 15.4. The first-order chi connectivity index (χ1) is 13.5. The first-order valence-electron chi connectivity index (χ1n) is 9.28. The van der Waals surface area contributed by atoms with Crippen molar-refractivity contribution >= 4 is 41.3 Å². The van der Waals surface area contributed by atoms with Gasteiger partial charge in [0.1, 0.15) is 16.5 Å². The number of carbonyl (C=O) groups is 1. The molecule has 1 aromatic carbocycles. The SMILES string of the molecule is O=C(Cc1ccc[nH]c1=S)NCCN1CCC(Oc2ccc(Cl)c(Cl)c2)CC1. The highest BCUT2D eigenvalue weighted by atomic mass is 35.5. The summed E-state index contributed by atoms with van der Waals surface area (Å²) in [7, 11) is 0. The summed E-state index contributed by atoms with van der Waals surface area (Å²) in [5, 5.41) is 4.00. The number of pyridine rings is 1. The lowest BCUT2D eigenvalue weighted by molar-refractivity contribution is -0.120. The third-order valence-electron chi connectivity index (χ3n) is 4.73. The molecule has 1 aliphatic heterocycles. The van der Waals surface area contributed by atoms with Gasteiger partial charge < -0.3 is 19.9 Å². The van der Waals surface area contributed by atoms with Gasteiger partial charge in [-0.2, -0.15) is 0 Å². The average Bonchev–Trinajstić information content (AvgIpc) is 2.68. The summed E-state index contributed by atoms with van der Waals surface area (Å²) in [6.45, 7) is 3.32. The first-order valence-corrected chi connectivity index (χ1v) is 10.4. The van der Waals surface area contributed by atoms with E-state index in [-0.39, 0.29) is 12.0 Å². The molecule has 1 saturated heterocycles. The Kier molecular flexibility index (Phi) is 7.73. The number of aromatic amines is 1. The molecule has 0 aliphatic carbocycles. The molecular formula is C20H23Cl2N3O2S. The van der Waals surface area contributed by atoms with Crippen molar-refractivity contribution in [3.05, 3.63) is 56.8 Å². The summed E-state index contributed by atoms with van der Waals surface area (Å²) in [6, 6.07) is 9.07. The molecule has 0 bridgehead atoms. The summed E-state index contributed by atoms with van der Waals surface area (Å²) in [4.78, 5) is 17.4. The number of hydrogen-bond acceptors (Lipinski definition) is 4. The van der Waals surface area contributed by atoms with Crippen LogP contribution in [0.2, 0.25) is 10.0 Å². The lowest BCUT2D eigenvalue weighted by atomic mass is 10.1. The first kappa shape index (κ1) is 21.1. The number of benzene rings is 1. The molecule has 0 atom stereocenters. The second kappa shape index (κ2) is 10.3. The van der Waals surface area contributed by atoms with Gasteiger partial charge in [-0.25, -0.2) is 0 Å². The largest absolute Gasteiger partial charge is 0.490 e. The van der Waals surface area contributed by atoms with Crippen LogP contribution in [-0.4, -0.2) is 48.1 Å². The number of nitrogens with zero attached hydrogens (tertiary/aromatic N) is 1. The maximum absolute atomic E-state index is 12.1. The van der Waals surface area contributed by atoms with Crippen LogP contribution in [0.3, 0.4) is 0 Å². The molecule has 8 heteroatoms. The number of rotatable bonds is 7. The zero-order chi connectivity index (χ0) is 19.9. The van der Waals surface area contributed by atoms with Gasteiger partial charge in [0, 0.05) is 38.4 Å². The topological polar surface area (TPSA) is 57.4 Å². The predicted molar refractivity (Wildman–Crippen MR) is 115 cm³/mol. The maximum atomic E-state index is 12.1. The van der Waals surface area contributed by atoms with Crippen molar-refractivity contribution in [3.63, 3.8) is 0 Å². The number of likely N-dealkylation sites (tertiary alicyclic amines) is 1. The van der Waals surface area contributed by atoms with Gasteiger partial charge in [-0.15, -0.1) is 0 Å². The van der Waals surface area contributed by atoms with E-state index in [4.69, 9.17) is 40.2 Å². The number of hydrogen-bond donors (Lipinski definition) is 2. The highest BCUT2D eigenvalue weighted by molar-refractivity contribution is 7.71. The average molecular weight is 440 g/mol. The number of aromatic nitrogens is 1. The molecule has 1 aliphatic rings. The molecule has 2 heterocycles. The minimum Gasteiger partial charge on any atom is -0.490 e. The smallest absolute Gasteiger partial charge is 0.224 e. The molecule has 1 aromatic heterocycles. The monoisotopic (exact) mass is 439 g/mol. The fourth-order valence-electron chi connectivity index (χ4n) is 3.18. The van der Waals surface area contributed by atoms with Crippen LogP contribution in [0, 0.1) is 4.64 Å². The highest BCUT2D eigenvalue weighted by Gasteiger charge is 2.20. The third-order valence-corrected chi connectivity index (χ3v) is 5.85. The number of piperidine rings is 1. The lowest BCUT2D eigenvalue weighted by Gasteiger charge is -2.32. The molecule has 2 N–H and O–H groups in total. The second-order valence-corrected chi connectivity index (χ2v) is 8.01. The van der Waals surface area contributed by atoms with E-state index >= 15 is 0 Å². The van der Waals surface area contributed by atoms with E-state index in [1.165, 1.54) is 0 Å². The van der Waals surface area contributed by atoms with E-state index in [0.29, 0.717) is 27.7 Å². The Morgan fingerprint density at radius 3 is 2.75 bits per heavy atom. The van der Waals surface area contributed by atoms with Crippen LogP contribution < -0.4 is 10.1 Å². The van der Waals surface area contributed by atoms with E-state index in [9.17, 15) is 4.79 Å². The minimum atomic E-state index is -0.0106. The standard InChI is InChI=1S/C20H23Cl2N3O2S/c21-17-4-3-16(13-18(17)22)27-15-5-9-25(10-6-15)11-8-23-19(26)12-14-2-1-7-24-20(14)28/h1-4,7,13,15H,5-6,8-12H2,(H,23,26)(H,24,28). The van der Waals surface area contributed by atoms with Gasteiger partial charge in [0.05, 0.1) is 16.5 Å². The van der Waals surface area contributed by atoms with Gasteiger partial charge in [0.2, 0.25) is 5.91 Å². The van der Waals surface area contributed by atoms with Crippen LogP contribution >= 0.6 is 35.4 Å². The van der Waals surface area contributed by atoms with Crippen molar-refractivity contribution in [2.24, 2.45) is 0 Å². The molecule has 0 unspecified atom stereocenters. The van der Waals surface area contributed by atoms with E-state index in [1.54, 1.807) is 18.3 Å². The molecule has 1 amide bonds. The van der Waals surface area contributed by atoms with E-state index in [2.05, 4.69) is 15.2 Å². The number of H-pyrrole nitrogens is 1. The molecule has 1 fully saturated rings. The van der Waals surface area contributed by atoms with E-state index < -0.39 is 0 Å². The van der Waals surface area contributed by atoms with Crippen molar-refractivity contribution in [2.45, 2.75) is 25.4 Å². The molecule has 28 heavy (non-hydrogen) atoms. The number of nitrogens with one attached hydrogen (secondary N) is 2. The Hall–Kier alpha value is -1.60. The minimum absolute atomic E-state index is 0.0106. The van der Waals surface area contributed by atoms with Crippen LogP contribution in [0.5, 0.6) is 5.75 Å². The van der Waals surface area contributed by atoms with Crippen LogP contribution in [0.15, 0.2) is 36.5 Å². The normalized spacial score (nSPS) is 15.4. The van der Waals surface area contributed by atoms with Crippen LogP contribution in [0.25, 0.3) is 0 Å². The quantitative estimate of drug-likeness (QED) is 0.632. The molecule has 0 radical (unpaired) electrons. The summed E-state index contributed by atoms with van der Waals surface area (Å²) in [5.41, 5.74) is 0.843. The molecular weight excluding hydrogens is 417 g/mol.